The number of benzene rings is 4. The highest BCUT2D eigenvalue weighted by Gasteiger charge is 2.24. The average Bonchev–Trinajstić information content (AvgIpc) is 3.15. The molecular weight excluding hydrogens is 674 g/mol. The van der Waals surface area contributed by atoms with Crippen LogP contribution in [-0.4, -0.2) is 4.57 Å². The molecule has 0 spiro atoms. The van der Waals surface area contributed by atoms with Gasteiger partial charge in [-0.15, -0.1) is 0 Å². The van der Waals surface area contributed by atoms with Crippen molar-refractivity contribution in [2.24, 2.45) is 0 Å². The van der Waals surface area contributed by atoms with Crippen LogP contribution < -0.4 is 4.90 Å². The molecule has 4 aromatic carbocycles. The van der Waals surface area contributed by atoms with Gasteiger partial charge >= 0.3 is 0 Å². The Kier molecular flexibility index (Phi) is 7.68. The van der Waals surface area contributed by atoms with Gasteiger partial charge < -0.3 is 9.47 Å². The summed E-state index contributed by atoms with van der Waals surface area (Å²) in [7, 11) is 0. The molecule has 5 heteroatoms. The number of anilines is 3. The quantitative estimate of drug-likeness (QED) is 0.169. The molecule has 0 atom stereocenters. The molecule has 5 rings (SSSR count). The molecule has 0 radical (unpaired) electrons. The van der Waals surface area contributed by atoms with Gasteiger partial charge in [-0.25, -0.2) is 4.39 Å². The summed E-state index contributed by atoms with van der Waals surface area (Å²) in [6.45, 7) is 15.4. The van der Waals surface area contributed by atoms with E-state index in [0.717, 1.165) is 43.8 Å². The summed E-state index contributed by atoms with van der Waals surface area (Å²) < 4.78 is 19.7. The molecule has 5 aromatic rings. The van der Waals surface area contributed by atoms with Crippen molar-refractivity contribution in [2.45, 2.75) is 59.3 Å². The molecule has 0 aliphatic carbocycles. The Morgan fingerprint density at radius 2 is 1.25 bits per heavy atom. The van der Waals surface area contributed by atoms with Gasteiger partial charge in [0.2, 0.25) is 0 Å². The molecule has 0 aliphatic heterocycles. The van der Waals surface area contributed by atoms with Crippen molar-refractivity contribution in [2.75, 3.05) is 4.90 Å². The fourth-order valence-electron chi connectivity index (χ4n) is 5.17. The van der Waals surface area contributed by atoms with Crippen LogP contribution >= 0.6 is 38.5 Å². The SMILES string of the molecule is Cc1c(I)c2ccccc2n1-c1cc(F)cc(N(c2ccc(C(C)(C)C)cc2)c2ccc(C(C)(C)C)cc2)c1Br. The Bertz CT molecular complexity index is 1630. The van der Waals surface area contributed by atoms with Gasteiger partial charge in [-0.3, -0.25) is 0 Å². The van der Waals surface area contributed by atoms with E-state index in [4.69, 9.17) is 0 Å². The van der Waals surface area contributed by atoms with Crippen molar-refractivity contribution in [1.29, 1.82) is 0 Å². The van der Waals surface area contributed by atoms with E-state index in [1.807, 2.05) is 12.1 Å². The first-order valence-electron chi connectivity index (χ1n) is 13.5. The molecule has 1 aromatic heterocycles. The molecule has 0 aliphatic rings. The van der Waals surface area contributed by atoms with Gasteiger partial charge in [-0.2, -0.15) is 0 Å². The molecule has 0 fully saturated rings. The van der Waals surface area contributed by atoms with Crippen molar-refractivity contribution >= 4 is 66.5 Å². The summed E-state index contributed by atoms with van der Waals surface area (Å²) in [6.07, 6.45) is 0. The number of halogens is 3. The summed E-state index contributed by atoms with van der Waals surface area (Å²) in [5.41, 5.74) is 8.16. The molecule has 0 saturated carbocycles. The van der Waals surface area contributed by atoms with Gasteiger partial charge in [-0.1, -0.05) is 84.0 Å². The van der Waals surface area contributed by atoms with E-state index in [2.05, 4.69) is 157 Å². The number of hydrogen-bond acceptors (Lipinski definition) is 1. The van der Waals surface area contributed by atoms with Crippen LogP contribution in [0.5, 0.6) is 0 Å². The lowest BCUT2D eigenvalue weighted by molar-refractivity contribution is 0.590. The molecule has 0 amide bonds. The molecular formula is C35H35BrFIN2. The number of fused-ring (bicyclic) bond motifs is 1. The minimum absolute atomic E-state index is 0.0362. The first-order valence-corrected chi connectivity index (χ1v) is 15.4. The van der Waals surface area contributed by atoms with E-state index in [1.165, 1.54) is 14.7 Å². The number of aromatic nitrogens is 1. The third-order valence-electron chi connectivity index (χ3n) is 7.50. The summed E-state index contributed by atoms with van der Waals surface area (Å²) in [4.78, 5) is 2.14. The average molecular weight is 709 g/mol. The van der Waals surface area contributed by atoms with Crippen molar-refractivity contribution < 1.29 is 4.39 Å². The number of para-hydroxylation sites is 1. The van der Waals surface area contributed by atoms with Crippen LogP contribution in [0.15, 0.2) is 89.4 Å². The molecule has 0 saturated heterocycles. The second-order valence-electron chi connectivity index (χ2n) is 12.4. The van der Waals surface area contributed by atoms with Gasteiger partial charge in [0, 0.05) is 26.0 Å². The topological polar surface area (TPSA) is 8.17 Å². The predicted molar refractivity (Wildman–Crippen MR) is 180 cm³/mol. The van der Waals surface area contributed by atoms with Crippen molar-refractivity contribution in [3.63, 3.8) is 0 Å². The first kappa shape index (κ1) is 28.9. The zero-order valence-electron chi connectivity index (χ0n) is 24.1. The maximum absolute atomic E-state index is 15.6. The van der Waals surface area contributed by atoms with E-state index >= 15 is 4.39 Å². The lowest BCUT2D eigenvalue weighted by atomic mass is 9.86. The summed E-state index contributed by atoms with van der Waals surface area (Å²) in [5, 5.41) is 1.16. The van der Waals surface area contributed by atoms with Gasteiger partial charge in [-0.05, 0) is 110 Å². The van der Waals surface area contributed by atoms with E-state index < -0.39 is 0 Å². The van der Waals surface area contributed by atoms with Crippen molar-refractivity contribution in [3.8, 4) is 5.69 Å². The number of nitrogens with zero attached hydrogens (tertiary/aromatic N) is 2. The van der Waals surface area contributed by atoms with Crippen molar-refractivity contribution in [3.05, 3.63) is 116 Å². The second kappa shape index (κ2) is 10.6. The Hall–Kier alpha value is -2.64. The largest absolute Gasteiger partial charge is 0.311 e. The van der Waals surface area contributed by atoms with Crippen LogP contribution in [0.4, 0.5) is 21.5 Å². The minimum atomic E-state index is -0.289. The van der Waals surface area contributed by atoms with Crippen LogP contribution in [0.1, 0.15) is 58.4 Å². The van der Waals surface area contributed by atoms with Crippen LogP contribution in [0.3, 0.4) is 0 Å². The van der Waals surface area contributed by atoms with Crippen LogP contribution in [0.25, 0.3) is 16.6 Å². The summed E-state index contributed by atoms with van der Waals surface area (Å²) in [6, 6.07) is 28.8. The Morgan fingerprint density at radius 3 is 1.75 bits per heavy atom. The highest BCUT2D eigenvalue weighted by atomic mass is 127. The maximum Gasteiger partial charge on any atom is 0.127 e. The zero-order valence-corrected chi connectivity index (χ0v) is 27.9. The second-order valence-corrected chi connectivity index (χ2v) is 14.3. The van der Waals surface area contributed by atoms with Gasteiger partial charge in [0.25, 0.3) is 0 Å². The fraction of sp³-hybridized carbons (Fsp3) is 0.257. The zero-order chi connectivity index (χ0) is 29.0. The molecule has 0 N–H and O–H groups in total. The minimum Gasteiger partial charge on any atom is -0.311 e. The molecule has 2 nitrogen and oxygen atoms in total. The summed E-state index contributed by atoms with van der Waals surface area (Å²) in [5.74, 6) is -0.289. The van der Waals surface area contributed by atoms with Crippen LogP contribution in [0, 0.1) is 16.3 Å². The highest BCUT2D eigenvalue weighted by Crippen LogP contribution is 2.44. The smallest absolute Gasteiger partial charge is 0.127 e. The van der Waals surface area contributed by atoms with Gasteiger partial charge in [0.1, 0.15) is 5.82 Å². The van der Waals surface area contributed by atoms with E-state index in [-0.39, 0.29) is 16.6 Å². The lowest BCUT2D eigenvalue weighted by Crippen LogP contribution is -2.15. The molecule has 1 heterocycles. The maximum atomic E-state index is 15.6. The Morgan fingerprint density at radius 1 is 0.750 bits per heavy atom. The van der Waals surface area contributed by atoms with E-state index in [9.17, 15) is 0 Å². The lowest BCUT2D eigenvalue weighted by Gasteiger charge is -2.29. The first-order chi connectivity index (χ1) is 18.8. The van der Waals surface area contributed by atoms with Crippen LogP contribution in [-0.2, 0) is 10.8 Å². The number of hydrogen-bond donors (Lipinski definition) is 0. The van der Waals surface area contributed by atoms with Crippen LogP contribution in [0.2, 0.25) is 0 Å². The van der Waals surface area contributed by atoms with Crippen molar-refractivity contribution in [1.82, 2.24) is 4.57 Å². The van der Waals surface area contributed by atoms with Gasteiger partial charge in [0.05, 0.1) is 21.4 Å². The Labute approximate surface area is 259 Å². The standard InChI is InChI=1S/C35H35BrFIN2/c1-22-33(38)28-10-8-9-11-29(28)39(22)30-20-25(37)21-31(32(30)36)40(26-16-12-23(13-17-26)34(2,3)4)27-18-14-24(15-19-27)35(5,6)7/h8-21H,1-7H3. The monoisotopic (exact) mass is 708 g/mol. The van der Waals surface area contributed by atoms with E-state index in [1.54, 1.807) is 12.1 Å². The summed E-state index contributed by atoms with van der Waals surface area (Å²) >= 11 is 6.33. The fourth-order valence-corrected chi connectivity index (χ4v) is 6.45. The highest BCUT2D eigenvalue weighted by molar-refractivity contribution is 14.1. The Balaban J connectivity index is 1.75. The normalized spacial score (nSPS) is 12.2. The third kappa shape index (κ3) is 5.35. The molecule has 0 bridgehead atoms. The predicted octanol–water partition coefficient (Wildman–Crippen LogP) is 11.5. The molecule has 206 valence electrons. The molecule has 0 unspecified atom stereocenters. The van der Waals surface area contributed by atoms with Gasteiger partial charge in [0.15, 0.2) is 0 Å². The molecule has 40 heavy (non-hydrogen) atoms. The third-order valence-corrected chi connectivity index (χ3v) is 9.67. The number of rotatable bonds is 4. The van der Waals surface area contributed by atoms with E-state index in [0.29, 0.717) is 0 Å².